The van der Waals surface area contributed by atoms with Crippen molar-refractivity contribution in [1.29, 1.82) is 0 Å². The van der Waals surface area contributed by atoms with Gasteiger partial charge in [0.2, 0.25) is 5.91 Å². The molecule has 0 aliphatic heterocycles. The Bertz CT molecular complexity index is 647. The topological polar surface area (TPSA) is 38.3 Å². The van der Waals surface area contributed by atoms with Gasteiger partial charge in [0.25, 0.3) is 0 Å². The lowest BCUT2D eigenvalue weighted by Crippen LogP contribution is -2.26. The van der Waals surface area contributed by atoms with E-state index in [4.69, 9.17) is 4.74 Å². The van der Waals surface area contributed by atoms with E-state index in [2.05, 4.69) is 43.4 Å². The number of benzene rings is 2. The Hall–Kier alpha value is -2.29. The van der Waals surface area contributed by atoms with E-state index < -0.39 is 0 Å². The van der Waals surface area contributed by atoms with Crippen molar-refractivity contribution in [1.82, 2.24) is 5.32 Å². The lowest BCUT2D eigenvalue weighted by atomic mass is 10.0. The average molecular weight is 311 g/mol. The molecule has 0 aliphatic rings. The summed E-state index contributed by atoms with van der Waals surface area (Å²) in [5.41, 5.74) is 4.82. The second kappa shape index (κ2) is 8.37. The molecule has 0 radical (unpaired) electrons. The van der Waals surface area contributed by atoms with Gasteiger partial charge in [-0.2, -0.15) is 0 Å². The van der Waals surface area contributed by atoms with Crippen LogP contribution in [0.25, 0.3) is 0 Å². The molecule has 0 heterocycles. The molecule has 1 amide bonds. The molecule has 0 atom stereocenters. The largest absolute Gasteiger partial charge is 0.497 e. The SMILES string of the molecule is COc1ccc(CCCNC(=O)Cc2ccc(C)c(C)c2)cc1. The van der Waals surface area contributed by atoms with Crippen LogP contribution in [0.5, 0.6) is 5.75 Å². The van der Waals surface area contributed by atoms with Crippen molar-refractivity contribution in [3.63, 3.8) is 0 Å². The predicted molar refractivity (Wildman–Crippen MR) is 93.9 cm³/mol. The van der Waals surface area contributed by atoms with Crippen molar-refractivity contribution >= 4 is 5.91 Å². The minimum Gasteiger partial charge on any atom is -0.497 e. The molecule has 0 bridgehead atoms. The fraction of sp³-hybridized carbons (Fsp3) is 0.350. The summed E-state index contributed by atoms with van der Waals surface area (Å²) in [4.78, 5) is 12.0. The first-order chi connectivity index (χ1) is 11.1. The zero-order valence-corrected chi connectivity index (χ0v) is 14.2. The third kappa shape index (κ3) is 5.44. The van der Waals surface area contributed by atoms with Crippen LogP contribution in [0.3, 0.4) is 0 Å². The molecule has 0 fully saturated rings. The van der Waals surface area contributed by atoms with Crippen LogP contribution in [0, 0.1) is 13.8 Å². The smallest absolute Gasteiger partial charge is 0.224 e. The number of methoxy groups -OCH3 is 1. The minimum absolute atomic E-state index is 0.0861. The van der Waals surface area contributed by atoms with Crippen LogP contribution >= 0.6 is 0 Å². The number of hydrogen-bond acceptors (Lipinski definition) is 2. The van der Waals surface area contributed by atoms with Gasteiger partial charge in [0.05, 0.1) is 13.5 Å². The number of aryl methyl sites for hydroxylation is 3. The highest BCUT2D eigenvalue weighted by Crippen LogP contribution is 2.12. The van der Waals surface area contributed by atoms with Crippen LogP contribution in [0.4, 0.5) is 0 Å². The molecular formula is C20H25NO2. The van der Waals surface area contributed by atoms with E-state index >= 15 is 0 Å². The van der Waals surface area contributed by atoms with Crippen molar-refractivity contribution in [2.45, 2.75) is 33.1 Å². The molecule has 23 heavy (non-hydrogen) atoms. The molecule has 2 aromatic carbocycles. The Kier molecular flexibility index (Phi) is 6.21. The lowest BCUT2D eigenvalue weighted by molar-refractivity contribution is -0.120. The van der Waals surface area contributed by atoms with Crippen molar-refractivity contribution in [3.05, 3.63) is 64.7 Å². The molecule has 0 aliphatic carbocycles. The molecule has 0 spiro atoms. The van der Waals surface area contributed by atoms with Crippen LogP contribution in [-0.2, 0) is 17.6 Å². The highest BCUT2D eigenvalue weighted by molar-refractivity contribution is 5.78. The quantitative estimate of drug-likeness (QED) is 0.793. The van der Waals surface area contributed by atoms with Crippen molar-refractivity contribution in [3.8, 4) is 5.75 Å². The molecule has 2 rings (SSSR count). The minimum atomic E-state index is 0.0861. The second-order valence-electron chi connectivity index (χ2n) is 5.90. The van der Waals surface area contributed by atoms with E-state index in [9.17, 15) is 4.79 Å². The first-order valence-corrected chi connectivity index (χ1v) is 8.04. The van der Waals surface area contributed by atoms with Gasteiger partial charge in [0.15, 0.2) is 0 Å². The Balaban J connectivity index is 1.70. The van der Waals surface area contributed by atoms with Gasteiger partial charge in [0.1, 0.15) is 5.75 Å². The average Bonchev–Trinajstić information content (AvgIpc) is 2.55. The molecule has 3 nitrogen and oxygen atoms in total. The summed E-state index contributed by atoms with van der Waals surface area (Å²) in [6.07, 6.45) is 2.34. The highest BCUT2D eigenvalue weighted by Gasteiger charge is 2.04. The van der Waals surface area contributed by atoms with E-state index in [1.54, 1.807) is 7.11 Å². The summed E-state index contributed by atoms with van der Waals surface area (Å²) in [6, 6.07) is 14.2. The Morgan fingerprint density at radius 3 is 2.35 bits per heavy atom. The fourth-order valence-corrected chi connectivity index (χ4v) is 2.47. The second-order valence-corrected chi connectivity index (χ2v) is 5.90. The summed E-state index contributed by atoms with van der Waals surface area (Å²) in [7, 11) is 1.67. The molecule has 0 saturated carbocycles. The first-order valence-electron chi connectivity index (χ1n) is 8.04. The summed E-state index contributed by atoms with van der Waals surface area (Å²) in [5, 5.41) is 2.99. The van der Waals surface area contributed by atoms with Gasteiger partial charge in [-0.15, -0.1) is 0 Å². The molecule has 1 N–H and O–H groups in total. The number of carbonyl (C=O) groups is 1. The zero-order valence-electron chi connectivity index (χ0n) is 14.2. The number of nitrogens with one attached hydrogen (secondary N) is 1. The highest BCUT2D eigenvalue weighted by atomic mass is 16.5. The molecule has 0 saturated heterocycles. The first kappa shape index (κ1) is 17.1. The van der Waals surface area contributed by atoms with Gasteiger partial charge in [0, 0.05) is 6.54 Å². The fourth-order valence-electron chi connectivity index (χ4n) is 2.47. The predicted octanol–water partition coefficient (Wildman–Crippen LogP) is 3.60. The number of rotatable bonds is 7. The van der Waals surface area contributed by atoms with Gasteiger partial charge in [-0.05, 0) is 61.1 Å². The van der Waals surface area contributed by atoms with Gasteiger partial charge in [-0.1, -0.05) is 30.3 Å². The monoisotopic (exact) mass is 311 g/mol. The number of hydrogen-bond donors (Lipinski definition) is 1. The number of amides is 1. The van der Waals surface area contributed by atoms with E-state index in [0.29, 0.717) is 13.0 Å². The van der Waals surface area contributed by atoms with E-state index in [0.717, 1.165) is 24.2 Å². The maximum absolute atomic E-state index is 12.0. The van der Waals surface area contributed by atoms with Gasteiger partial charge < -0.3 is 10.1 Å². The van der Waals surface area contributed by atoms with Gasteiger partial charge >= 0.3 is 0 Å². The summed E-state index contributed by atoms with van der Waals surface area (Å²) in [6.45, 7) is 4.86. The molecule has 0 aromatic heterocycles. The third-order valence-electron chi connectivity index (χ3n) is 4.06. The zero-order chi connectivity index (χ0) is 16.7. The standard InChI is InChI=1S/C20H25NO2/c1-15-6-7-18(13-16(15)2)14-20(22)21-12-4-5-17-8-10-19(23-3)11-9-17/h6-11,13H,4-5,12,14H2,1-3H3,(H,21,22). The Labute approximate surface area is 138 Å². The normalized spacial score (nSPS) is 10.4. The van der Waals surface area contributed by atoms with E-state index in [1.165, 1.54) is 16.7 Å². The van der Waals surface area contributed by atoms with Crippen LogP contribution in [0.1, 0.15) is 28.7 Å². The van der Waals surface area contributed by atoms with Crippen molar-refractivity contribution < 1.29 is 9.53 Å². The van der Waals surface area contributed by atoms with Crippen LogP contribution in [-0.4, -0.2) is 19.6 Å². The Morgan fingerprint density at radius 1 is 1.00 bits per heavy atom. The summed E-state index contributed by atoms with van der Waals surface area (Å²) in [5.74, 6) is 0.957. The number of ether oxygens (including phenoxy) is 1. The van der Waals surface area contributed by atoms with Crippen molar-refractivity contribution in [2.75, 3.05) is 13.7 Å². The summed E-state index contributed by atoms with van der Waals surface area (Å²) >= 11 is 0. The lowest BCUT2D eigenvalue weighted by Gasteiger charge is -2.07. The number of carbonyl (C=O) groups excluding carboxylic acids is 1. The third-order valence-corrected chi connectivity index (χ3v) is 4.06. The molecule has 122 valence electrons. The molecular weight excluding hydrogens is 286 g/mol. The van der Waals surface area contributed by atoms with Gasteiger partial charge in [-0.3, -0.25) is 4.79 Å². The van der Waals surface area contributed by atoms with E-state index in [-0.39, 0.29) is 5.91 Å². The van der Waals surface area contributed by atoms with Crippen LogP contribution < -0.4 is 10.1 Å². The van der Waals surface area contributed by atoms with E-state index in [1.807, 2.05) is 18.2 Å². The maximum Gasteiger partial charge on any atom is 0.224 e. The van der Waals surface area contributed by atoms with Crippen molar-refractivity contribution in [2.24, 2.45) is 0 Å². The molecule has 3 heteroatoms. The summed E-state index contributed by atoms with van der Waals surface area (Å²) < 4.78 is 5.14. The van der Waals surface area contributed by atoms with Gasteiger partial charge in [-0.25, -0.2) is 0 Å². The van der Waals surface area contributed by atoms with Crippen LogP contribution in [0.2, 0.25) is 0 Å². The van der Waals surface area contributed by atoms with Crippen LogP contribution in [0.15, 0.2) is 42.5 Å². The molecule has 0 unspecified atom stereocenters. The maximum atomic E-state index is 12.0. The Morgan fingerprint density at radius 2 is 1.70 bits per heavy atom. The molecule has 2 aromatic rings.